The van der Waals surface area contributed by atoms with E-state index in [0.717, 1.165) is 5.56 Å². The first-order valence-electron chi connectivity index (χ1n) is 11.2. The molecule has 1 aromatic carbocycles. The van der Waals surface area contributed by atoms with E-state index >= 15 is 0 Å². The normalized spacial score (nSPS) is 22.4. The van der Waals surface area contributed by atoms with Gasteiger partial charge in [-0.15, -0.1) is 0 Å². The maximum atomic E-state index is 12.6. The lowest BCUT2D eigenvalue weighted by Crippen LogP contribution is -2.30. The zero-order valence-electron chi connectivity index (χ0n) is 18.7. The number of carbonyl (C=O) groups is 1. The van der Waals surface area contributed by atoms with E-state index in [4.69, 9.17) is 11.6 Å². The molecule has 12 heteroatoms. The standard InChI is InChI=1S/C24H21ClF3N5O3/c25-15-10-13-3-1-12(9-17(13)31-21(15)32-23(36)24(26,27)28)2-4-14-11-18(20(35)19(14)34)33-8-5-16-22(33)30-7-6-29-16/h1,3,5-10,14,18-20,34-35H,2,4,11H2,(H,31,32,36)/t14-,18+,19+,20-/m0/s1. The largest absolute Gasteiger partial charge is 0.471 e. The van der Waals surface area contributed by atoms with Crippen LogP contribution in [0, 0.1) is 5.92 Å². The molecule has 1 amide bonds. The molecule has 36 heavy (non-hydrogen) atoms. The van der Waals surface area contributed by atoms with Crippen LogP contribution in [0.2, 0.25) is 5.02 Å². The van der Waals surface area contributed by atoms with Crippen molar-refractivity contribution >= 4 is 45.4 Å². The maximum Gasteiger partial charge on any atom is 0.471 e. The van der Waals surface area contributed by atoms with Gasteiger partial charge >= 0.3 is 12.1 Å². The highest BCUT2D eigenvalue weighted by Gasteiger charge is 2.42. The molecule has 1 aliphatic carbocycles. The third-order valence-electron chi connectivity index (χ3n) is 6.60. The van der Waals surface area contributed by atoms with Crippen molar-refractivity contribution in [2.45, 2.75) is 43.7 Å². The van der Waals surface area contributed by atoms with Gasteiger partial charge in [0.25, 0.3) is 0 Å². The van der Waals surface area contributed by atoms with Crippen molar-refractivity contribution < 1.29 is 28.2 Å². The van der Waals surface area contributed by atoms with E-state index < -0.39 is 24.3 Å². The number of pyridine rings is 1. The first-order chi connectivity index (χ1) is 17.1. The van der Waals surface area contributed by atoms with Gasteiger partial charge in [-0.2, -0.15) is 13.2 Å². The van der Waals surface area contributed by atoms with Gasteiger partial charge in [0.2, 0.25) is 0 Å². The van der Waals surface area contributed by atoms with Gasteiger partial charge in [0.1, 0.15) is 11.6 Å². The average Bonchev–Trinajstić information content (AvgIpc) is 3.38. The van der Waals surface area contributed by atoms with Gasteiger partial charge in [-0.05, 0) is 48.9 Å². The van der Waals surface area contributed by atoms with Crippen molar-refractivity contribution in [3.63, 3.8) is 0 Å². The number of aromatic nitrogens is 4. The fourth-order valence-corrected chi connectivity index (χ4v) is 4.98. The third-order valence-corrected chi connectivity index (χ3v) is 6.89. The number of amides is 1. The Labute approximate surface area is 207 Å². The molecule has 5 rings (SSSR count). The Morgan fingerprint density at radius 1 is 1.11 bits per heavy atom. The lowest BCUT2D eigenvalue weighted by atomic mass is 9.95. The van der Waals surface area contributed by atoms with Crippen LogP contribution in [0.25, 0.3) is 22.1 Å². The van der Waals surface area contributed by atoms with Crippen LogP contribution in [0.3, 0.4) is 0 Å². The Bertz CT molecular complexity index is 1440. The summed E-state index contributed by atoms with van der Waals surface area (Å²) >= 11 is 6.00. The van der Waals surface area contributed by atoms with Crippen molar-refractivity contribution in [3.05, 3.63) is 59.5 Å². The van der Waals surface area contributed by atoms with Gasteiger partial charge in [0, 0.05) is 24.0 Å². The van der Waals surface area contributed by atoms with E-state index in [1.165, 1.54) is 6.07 Å². The lowest BCUT2D eigenvalue weighted by Gasteiger charge is -2.18. The summed E-state index contributed by atoms with van der Waals surface area (Å²) < 4.78 is 39.7. The molecule has 0 aliphatic heterocycles. The fraction of sp³-hybridized carbons (Fsp3) is 0.333. The molecule has 8 nitrogen and oxygen atoms in total. The molecule has 0 radical (unpaired) electrons. The molecule has 0 saturated heterocycles. The molecule has 0 bridgehead atoms. The predicted molar refractivity (Wildman–Crippen MR) is 126 cm³/mol. The minimum Gasteiger partial charge on any atom is -0.390 e. The second-order valence-electron chi connectivity index (χ2n) is 8.87. The molecule has 0 spiro atoms. The van der Waals surface area contributed by atoms with Gasteiger partial charge < -0.3 is 20.1 Å². The summed E-state index contributed by atoms with van der Waals surface area (Å²) in [6.07, 6.45) is -0.330. The van der Waals surface area contributed by atoms with Gasteiger partial charge in [-0.1, -0.05) is 23.7 Å². The number of hydrogen-bond acceptors (Lipinski definition) is 6. The van der Waals surface area contributed by atoms with Crippen LogP contribution in [0.1, 0.15) is 24.4 Å². The average molecular weight is 520 g/mol. The number of rotatable bonds is 5. The van der Waals surface area contributed by atoms with Crippen LogP contribution >= 0.6 is 11.6 Å². The summed E-state index contributed by atoms with van der Waals surface area (Å²) in [4.78, 5) is 24.0. The summed E-state index contributed by atoms with van der Waals surface area (Å²) in [6, 6.07) is 8.20. The zero-order valence-corrected chi connectivity index (χ0v) is 19.4. The van der Waals surface area contributed by atoms with Crippen LogP contribution in [-0.4, -0.2) is 54.0 Å². The predicted octanol–water partition coefficient (Wildman–Crippen LogP) is 4.05. The number of aliphatic hydroxyl groups is 2. The molecule has 1 saturated carbocycles. The number of nitrogens with zero attached hydrogens (tertiary/aromatic N) is 4. The lowest BCUT2D eigenvalue weighted by molar-refractivity contribution is -0.167. The second-order valence-corrected chi connectivity index (χ2v) is 9.28. The van der Waals surface area contributed by atoms with Crippen molar-refractivity contribution in [2.75, 3.05) is 5.32 Å². The Morgan fingerprint density at radius 3 is 2.67 bits per heavy atom. The fourth-order valence-electron chi connectivity index (χ4n) is 4.77. The van der Waals surface area contributed by atoms with Crippen molar-refractivity contribution in [1.82, 2.24) is 19.5 Å². The topological polar surface area (TPSA) is 113 Å². The number of anilines is 1. The number of aliphatic hydroxyl groups excluding tert-OH is 2. The van der Waals surface area contributed by atoms with Crippen molar-refractivity contribution in [3.8, 4) is 0 Å². The Hall–Kier alpha value is -3.28. The highest BCUT2D eigenvalue weighted by atomic mass is 35.5. The monoisotopic (exact) mass is 519 g/mol. The number of fused-ring (bicyclic) bond motifs is 2. The van der Waals surface area contributed by atoms with E-state index in [1.54, 1.807) is 29.8 Å². The highest BCUT2D eigenvalue weighted by Crippen LogP contribution is 2.39. The zero-order chi connectivity index (χ0) is 25.6. The molecular weight excluding hydrogens is 499 g/mol. The summed E-state index contributed by atoms with van der Waals surface area (Å²) in [5.74, 6) is -2.71. The van der Waals surface area contributed by atoms with Gasteiger partial charge in [-0.3, -0.25) is 9.78 Å². The van der Waals surface area contributed by atoms with Crippen LogP contribution in [-0.2, 0) is 11.2 Å². The first kappa shape index (κ1) is 24.4. The SMILES string of the molecule is O=C(Nc1nc2cc(CC[C@H]3C[C@@H](n4ccc5nccnc54)[C@H](O)[C@@H]3O)ccc2cc1Cl)C(F)(F)F. The molecule has 3 heterocycles. The van der Waals surface area contributed by atoms with Gasteiger partial charge in [-0.25, -0.2) is 9.97 Å². The van der Waals surface area contributed by atoms with E-state index in [1.807, 2.05) is 22.9 Å². The number of hydrogen-bond donors (Lipinski definition) is 3. The second kappa shape index (κ2) is 9.30. The molecule has 4 atom stereocenters. The summed E-state index contributed by atoms with van der Waals surface area (Å²) in [5.41, 5.74) is 2.56. The van der Waals surface area contributed by atoms with Crippen molar-refractivity contribution in [1.29, 1.82) is 0 Å². The van der Waals surface area contributed by atoms with Crippen LogP contribution in [0.15, 0.2) is 48.9 Å². The van der Waals surface area contributed by atoms with Crippen LogP contribution in [0.5, 0.6) is 0 Å². The molecule has 3 aromatic heterocycles. The Morgan fingerprint density at radius 2 is 1.89 bits per heavy atom. The van der Waals surface area contributed by atoms with Crippen molar-refractivity contribution in [2.24, 2.45) is 5.92 Å². The molecule has 4 aromatic rings. The Balaban J connectivity index is 1.31. The highest BCUT2D eigenvalue weighted by molar-refractivity contribution is 6.34. The quantitative estimate of drug-likeness (QED) is 0.367. The number of alkyl halides is 3. The number of halogens is 4. The molecule has 3 N–H and O–H groups in total. The number of aryl methyl sites for hydroxylation is 1. The minimum atomic E-state index is -5.06. The van der Waals surface area contributed by atoms with Gasteiger partial charge in [0.05, 0.1) is 22.7 Å². The van der Waals surface area contributed by atoms with E-state index in [-0.39, 0.29) is 22.8 Å². The summed E-state index contributed by atoms with van der Waals surface area (Å²) in [7, 11) is 0. The molecule has 188 valence electrons. The van der Waals surface area contributed by atoms with E-state index in [0.29, 0.717) is 41.3 Å². The number of nitrogens with one attached hydrogen (secondary N) is 1. The molecule has 1 aliphatic rings. The van der Waals surface area contributed by atoms with Crippen LogP contribution < -0.4 is 5.32 Å². The molecular formula is C24H21ClF3N5O3. The molecule has 1 fully saturated rings. The minimum absolute atomic E-state index is 0.107. The third kappa shape index (κ3) is 4.61. The van der Waals surface area contributed by atoms with Crippen LogP contribution in [0.4, 0.5) is 19.0 Å². The smallest absolute Gasteiger partial charge is 0.390 e. The number of benzene rings is 1. The van der Waals surface area contributed by atoms with E-state index in [2.05, 4.69) is 15.0 Å². The summed E-state index contributed by atoms with van der Waals surface area (Å²) in [6.45, 7) is 0. The number of carbonyl (C=O) groups excluding carboxylic acids is 1. The summed E-state index contributed by atoms with van der Waals surface area (Å²) in [5, 5.41) is 23.6. The maximum absolute atomic E-state index is 12.6. The van der Waals surface area contributed by atoms with Gasteiger partial charge in [0.15, 0.2) is 11.5 Å². The first-order valence-corrected chi connectivity index (χ1v) is 11.6. The molecule has 0 unspecified atom stereocenters. The Kier molecular flexibility index (Phi) is 6.31. The van der Waals surface area contributed by atoms with E-state index in [9.17, 15) is 28.2 Å².